The maximum Gasteiger partial charge on any atom is 0.293 e. The van der Waals surface area contributed by atoms with Crippen LogP contribution in [0.5, 0.6) is 11.5 Å². The summed E-state index contributed by atoms with van der Waals surface area (Å²) in [5, 5.41) is -0.298. The van der Waals surface area contributed by atoms with Crippen molar-refractivity contribution in [1.29, 1.82) is 0 Å². The molecule has 0 saturated carbocycles. The normalized spacial score (nSPS) is 16.5. The Bertz CT molecular complexity index is 624. The van der Waals surface area contributed by atoms with Crippen LogP contribution in [0.3, 0.4) is 0 Å². The zero-order valence-electron chi connectivity index (χ0n) is 11.8. The third-order valence-electron chi connectivity index (χ3n) is 2.91. The van der Waals surface area contributed by atoms with Crippen LogP contribution in [0.15, 0.2) is 35.8 Å². The minimum Gasteiger partial charge on any atom is -0.493 e. The molecule has 0 atom stereocenters. The van der Waals surface area contributed by atoms with Gasteiger partial charge in [-0.2, -0.15) is 0 Å². The van der Waals surface area contributed by atoms with Gasteiger partial charge in [-0.1, -0.05) is 18.2 Å². The molecule has 1 saturated heterocycles. The zero-order valence-corrected chi connectivity index (χ0v) is 12.6. The second kappa shape index (κ2) is 6.49. The molecule has 21 heavy (non-hydrogen) atoms. The maximum atomic E-state index is 12.2. The average molecular weight is 305 g/mol. The molecule has 5 nitrogen and oxygen atoms in total. The number of carbonyl (C=O) groups is 2. The number of para-hydroxylation sites is 1. The SMILES string of the molecule is C=CCN1C(=O)S/C(=C/c2cccc(OC)c2OC)C1=O. The van der Waals surface area contributed by atoms with E-state index in [1.807, 2.05) is 0 Å². The van der Waals surface area contributed by atoms with Gasteiger partial charge in [0.2, 0.25) is 0 Å². The molecular weight excluding hydrogens is 290 g/mol. The van der Waals surface area contributed by atoms with Gasteiger partial charge in [-0.3, -0.25) is 14.5 Å². The lowest BCUT2D eigenvalue weighted by atomic mass is 10.1. The predicted octanol–water partition coefficient (Wildman–Crippen LogP) is 2.93. The number of nitrogens with zero attached hydrogens (tertiary/aromatic N) is 1. The molecule has 2 amide bonds. The van der Waals surface area contributed by atoms with Crippen LogP contribution in [-0.2, 0) is 4.79 Å². The van der Waals surface area contributed by atoms with Gasteiger partial charge in [-0.25, -0.2) is 0 Å². The average Bonchev–Trinajstić information content (AvgIpc) is 2.75. The Morgan fingerprint density at radius 1 is 1.29 bits per heavy atom. The molecule has 110 valence electrons. The Balaban J connectivity index is 2.39. The maximum absolute atomic E-state index is 12.2. The molecule has 1 aliphatic rings. The molecule has 0 radical (unpaired) electrons. The van der Waals surface area contributed by atoms with Gasteiger partial charge in [-0.15, -0.1) is 6.58 Å². The molecule has 0 spiro atoms. The lowest BCUT2D eigenvalue weighted by Crippen LogP contribution is -2.27. The standard InChI is InChI=1S/C15H15NO4S/c1-4-8-16-14(17)12(21-15(16)18)9-10-6-5-7-11(19-2)13(10)20-3/h4-7,9H,1,8H2,2-3H3/b12-9+. The molecule has 0 N–H and O–H groups in total. The van der Waals surface area contributed by atoms with Gasteiger partial charge < -0.3 is 9.47 Å². The highest BCUT2D eigenvalue weighted by Gasteiger charge is 2.34. The van der Waals surface area contributed by atoms with Gasteiger partial charge >= 0.3 is 0 Å². The smallest absolute Gasteiger partial charge is 0.293 e. The largest absolute Gasteiger partial charge is 0.493 e. The highest BCUT2D eigenvalue weighted by atomic mass is 32.2. The fraction of sp³-hybridized carbons (Fsp3) is 0.200. The van der Waals surface area contributed by atoms with Crippen molar-refractivity contribution in [2.75, 3.05) is 20.8 Å². The second-order valence-corrected chi connectivity index (χ2v) is 5.16. The summed E-state index contributed by atoms with van der Waals surface area (Å²) in [5.41, 5.74) is 0.681. The summed E-state index contributed by atoms with van der Waals surface area (Å²) in [4.78, 5) is 25.4. The van der Waals surface area contributed by atoms with E-state index in [-0.39, 0.29) is 17.7 Å². The minimum atomic E-state index is -0.324. The van der Waals surface area contributed by atoms with Crippen LogP contribution in [0.1, 0.15) is 5.56 Å². The van der Waals surface area contributed by atoms with Crippen LogP contribution in [0.25, 0.3) is 6.08 Å². The number of amides is 2. The van der Waals surface area contributed by atoms with Gasteiger partial charge in [0.1, 0.15) is 0 Å². The molecule has 1 aromatic carbocycles. The van der Waals surface area contributed by atoms with Crippen molar-refractivity contribution >= 4 is 29.0 Å². The molecule has 0 unspecified atom stereocenters. The topological polar surface area (TPSA) is 55.8 Å². The van der Waals surface area contributed by atoms with E-state index in [4.69, 9.17) is 9.47 Å². The van der Waals surface area contributed by atoms with Gasteiger partial charge in [0.15, 0.2) is 11.5 Å². The van der Waals surface area contributed by atoms with E-state index in [0.29, 0.717) is 22.0 Å². The summed E-state index contributed by atoms with van der Waals surface area (Å²) < 4.78 is 10.5. The second-order valence-electron chi connectivity index (χ2n) is 4.16. The van der Waals surface area contributed by atoms with E-state index in [1.54, 1.807) is 31.4 Å². The molecule has 1 aromatic rings. The first kappa shape index (κ1) is 15.2. The van der Waals surface area contributed by atoms with E-state index >= 15 is 0 Å². The van der Waals surface area contributed by atoms with Crippen LogP contribution >= 0.6 is 11.8 Å². The van der Waals surface area contributed by atoms with Crippen molar-refractivity contribution in [2.45, 2.75) is 0 Å². The Kier molecular flexibility index (Phi) is 4.70. The number of benzene rings is 1. The molecule has 1 fully saturated rings. The Morgan fingerprint density at radius 2 is 2.05 bits per heavy atom. The fourth-order valence-corrected chi connectivity index (χ4v) is 2.79. The number of carbonyl (C=O) groups excluding carboxylic acids is 2. The summed E-state index contributed by atoms with van der Waals surface area (Å²) in [6.45, 7) is 3.75. The zero-order chi connectivity index (χ0) is 15.4. The van der Waals surface area contributed by atoms with E-state index in [2.05, 4.69) is 6.58 Å². The van der Waals surface area contributed by atoms with Gasteiger partial charge in [0.25, 0.3) is 11.1 Å². The molecule has 1 heterocycles. The third-order valence-corrected chi connectivity index (χ3v) is 3.81. The van der Waals surface area contributed by atoms with Crippen LogP contribution in [0, 0.1) is 0 Å². The highest BCUT2D eigenvalue weighted by Crippen LogP contribution is 2.36. The lowest BCUT2D eigenvalue weighted by Gasteiger charge is -2.10. The molecule has 1 aliphatic heterocycles. The number of rotatable bonds is 5. The minimum absolute atomic E-state index is 0.206. The van der Waals surface area contributed by atoms with E-state index < -0.39 is 0 Å². The van der Waals surface area contributed by atoms with Crippen LogP contribution in [0.2, 0.25) is 0 Å². The molecule has 0 bridgehead atoms. The Morgan fingerprint density at radius 3 is 2.67 bits per heavy atom. The first-order valence-electron chi connectivity index (χ1n) is 6.19. The number of thioether (sulfide) groups is 1. The summed E-state index contributed by atoms with van der Waals surface area (Å²) in [5.74, 6) is 0.766. The van der Waals surface area contributed by atoms with Crippen LogP contribution in [0.4, 0.5) is 4.79 Å². The van der Waals surface area contributed by atoms with Gasteiger partial charge in [0, 0.05) is 12.1 Å². The number of imide groups is 1. The Labute approximate surface area is 127 Å². The predicted molar refractivity (Wildman–Crippen MR) is 82.4 cm³/mol. The quantitative estimate of drug-likeness (QED) is 0.618. The summed E-state index contributed by atoms with van der Waals surface area (Å²) in [6, 6.07) is 5.35. The van der Waals surface area contributed by atoms with Crippen LogP contribution < -0.4 is 9.47 Å². The van der Waals surface area contributed by atoms with Crippen molar-refractivity contribution < 1.29 is 19.1 Å². The van der Waals surface area contributed by atoms with Crippen LogP contribution in [-0.4, -0.2) is 36.8 Å². The number of hydrogen-bond acceptors (Lipinski definition) is 5. The lowest BCUT2D eigenvalue weighted by molar-refractivity contribution is -0.122. The monoisotopic (exact) mass is 305 g/mol. The first-order chi connectivity index (χ1) is 10.1. The third kappa shape index (κ3) is 2.95. The van der Waals surface area contributed by atoms with Crippen molar-refractivity contribution in [2.24, 2.45) is 0 Å². The van der Waals surface area contributed by atoms with Gasteiger partial charge in [-0.05, 0) is 23.9 Å². The van der Waals surface area contributed by atoms with Gasteiger partial charge in [0.05, 0.1) is 19.1 Å². The highest BCUT2D eigenvalue weighted by molar-refractivity contribution is 8.18. The van der Waals surface area contributed by atoms with E-state index in [1.165, 1.54) is 13.2 Å². The van der Waals surface area contributed by atoms with Crippen molar-refractivity contribution in [3.05, 3.63) is 41.3 Å². The number of hydrogen-bond donors (Lipinski definition) is 0. The number of ether oxygens (including phenoxy) is 2. The summed E-state index contributed by atoms with van der Waals surface area (Å²) in [6.07, 6.45) is 3.15. The molecule has 2 rings (SSSR count). The number of methoxy groups -OCH3 is 2. The summed E-state index contributed by atoms with van der Waals surface area (Å²) >= 11 is 0.904. The molecular formula is C15H15NO4S. The summed E-state index contributed by atoms with van der Waals surface area (Å²) in [7, 11) is 3.07. The van der Waals surface area contributed by atoms with Crippen molar-refractivity contribution in [3.8, 4) is 11.5 Å². The fourth-order valence-electron chi connectivity index (χ4n) is 1.95. The van der Waals surface area contributed by atoms with Crippen molar-refractivity contribution in [1.82, 2.24) is 4.90 Å². The van der Waals surface area contributed by atoms with E-state index in [0.717, 1.165) is 16.7 Å². The Hall–Kier alpha value is -2.21. The van der Waals surface area contributed by atoms with Crippen molar-refractivity contribution in [3.63, 3.8) is 0 Å². The van der Waals surface area contributed by atoms with E-state index in [9.17, 15) is 9.59 Å². The first-order valence-corrected chi connectivity index (χ1v) is 7.01. The molecule has 6 heteroatoms. The molecule has 0 aliphatic carbocycles. The molecule has 0 aromatic heterocycles.